The lowest BCUT2D eigenvalue weighted by Gasteiger charge is -2.46. The van der Waals surface area contributed by atoms with E-state index in [4.69, 9.17) is 12.2 Å². The molecule has 27 heavy (non-hydrogen) atoms. The molecule has 1 heterocycles. The topological polar surface area (TPSA) is 81.6 Å². The van der Waals surface area contributed by atoms with Crippen LogP contribution in [0.25, 0.3) is 0 Å². The third-order valence-corrected chi connectivity index (χ3v) is 4.62. The van der Waals surface area contributed by atoms with Crippen LogP contribution in [-0.2, 0) is 0 Å². The van der Waals surface area contributed by atoms with Crippen molar-refractivity contribution < 1.29 is 28.2 Å². The molecule has 1 fully saturated rings. The average molecular weight is 396 g/mol. The van der Waals surface area contributed by atoms with Gasteiger partial charge >= 0.3 is 6.18 Å². The Morgan fingerprint density at radius 2 is 1.67 bits per heavy atom. The summed E-state index contributed by atoms with van der Waals surface area (Å²) < 4.78 is 41.4. The monoisotopic (exact) mass is 396 g/mol. The van der Waals surface area contributed by atoms with Crippen molar-refractivity contribution in [2.75, 3.05) is 0 Å². The van der Waals surface area contributed by atoms with Crippen LogP contribution in [0.1, 0.15) is 22.0 Å². The predicted molar refractivity (Wildman–Crippen MR) is 95.0 cm³/mol. The number of aromatic hydroxyl groups is 1. The van der Waals surface area contributed by atoms with Gasteiger partial charge in [-0.05, 0) is 29.9 Å². The van der Waals surface area contributed by atoms with Gasteiger partial charge in [0.05, 0.1) is 6.04 Å². The fraction of sp³-hybridized carbons (Fsp3) is 0.222. The van der Waals surface area contributed by atoms with Crippen molar-refractivity contribution in [2.45, 2.75) is 17.9 Å². The maximum absolute atomic E-state index is 13.8. The first-order chi connectivity index (χ1) is 12.6. The molecular formula is C18H15F3N2O3S. The van der Waals surface area contributed by atoms with E-state index in [-0.39, 0.29) is 16.9 Å². The Morgan fingerprint density at radius 1 is 1.07 bits per heavy atom. The van der Waals surface area contributed by atoms with Crippen LogP contribution in [0.5, 0.6) is 5.75 Å². The van der Waals surface area contributed by atoms with Crippen molar-refractivity contribution in [2.24, 2.45) is 5.92 Å². The van der Waals surface area contributed by atoms with Crippen molar-refractivity contribution in [3.63, 3.8) is 0 Å². The van der Waals surface area contributed by atoms with Crippen molar-refractivity contribution in [3.8, 4) is 5.75 Å². The van der Waals surface area contributed by atoms with Crippen LogP contribution < -0.4 is 10.6 Å². The Morgan fingerprint density at radius 3 is 2.22 bits per heavy atom. The highest BCUT2D eigenvalue weighted by molar-refractivity contribution is 7.80. The third kappa shape index (κ3) is 3.47. The van der Waals surface area contributed by atoms with E-state index in [0.29, 0.717) is 0 Å². The van der Waals surface area contributed by atoms with E-state index in [1.807, 2.05) is 5.32 Å². The minimum Gasteiger partial charge on any atom is -0.508 e. The highest BCUT2D eigenvalue weighted by atomic mass is 32.1. The fourth-order valence-corrected chi connectivity index (χ4v) is 3.36. The predicted octanol–water partition coefficient (Wildman–Crippen LogP) is 2.66. The van der Waals surface area contributed by atoms with E-state index in [0.717, 1.165) is 0 Å². The molecule has 0 aliphatic carbocycles. The van der Waals surface area contributed by atoms with Gasteiger partial charge in [-0.1, -0.05) is 42.5 Å². The summed E-state index contributed by atoms with van der Waals surface area (Å²) in [4.78, 5) is 13.0. The summed E-state index contributed by atoms with van der Waals surface area (Å²) in [5.74, 6) is -2.96. The number of phenolic OH excluding ortho intramolecular Hbond substituents is 1. The molecule has 3 atom stereocenters. The Labute approximate surface area is 157 Å². The fourth-order valence-electron chi connectivity index (χ4n) is 3.08. The number of alkyl halides is 3. The summed E-state index contributed by atoms with van der Waals surface area (Å²) >= 11 is 4.84. The molecule has 0 aromatic heterocycles. The third-order valence-electron chi connectivity index (χ3n) is 4.40. The number of hydrogen-bond donors (Lipinski definition) is 4. The highest BCUT2D eigenvalue weighted by Crippen LogP contribution is 2.44. The first-order valence-electron chi connectivity index (χ1n) is 7.89. The van der Waals surface area contributed by atoms with Crippen molar-refractivity contribution >= 4 is 23.1 Å². The minimum atomic E-state index is -5.18. The van der Waals surface area contributed by atoms with Crippen LogP contribution >= 0.6 is 12.2 Å². The average Bonchev–Trinajstić information content (AvgIpc) is 2.61. The molecule has 2 aromatic rings. The molecule has 0 saturated carbocycles. The molecule has 1 saturated heterocycles. The van der Waals surface area contributed by atoms with Crippen LogP contribution in [0.15, 0.2) is 54.6 Å². The van der Waals surface area contributed by atoms with Gasteiger partial charge in [0.2, 0.25) is 5.72 Å². The number of thiocarbonyl (C=S) groups is 1. The van der Waals surface area contributed by atoms with E-state index < -0.39 is 34.8 Å². The van der Waals surface area contributed by atoms with Gasteiger partial charge in [0.25, 0.3) is 0 Å². The number of ketones is 1. The van der Waals surface area contributed by atoms with Gasteiger partial charge in [0.1, 0.15) is 11.7 Å². The van der Waals surface area contributed by atoms with Crippen LogP contribution in [-0.4, -0.2) is 33.0 Å². The van der Waals surface area contributed by atoms with Gasteiger partial charge in [0, 0.05) is 5.56 Å². The van der Waals surface area contributed by atoms with Gasteiger partial charge in [-0.15, -0.1) is 0 Å². The van der Waals surface area contributed by atoms with E-state index in [9.17, 15) is 28.2 Å². The summed E-state index contributed by atoms with van der Waals surface area (Å²) in [6.07, 6.45) is -5.18. The largest absolute Gasteiger partial charge is 0.508 e. The number of Topliss-reactive ketones (excluding diaryl/α,β-unsaturated/α-hetero) is 1. The first-order valence-corrected chi connectivity index (χ1v) is 8.30. The molecule has 0 radical (unpaired) electrons. The van der Waals surface area contributed by atoms with E-state index in [1.54, 1.807) is 6.07 Å². The van der Waals surface area contributed by atoms with Gasteiger partial charge < -0.3 is 20.8 Å². The lowest BCUT2D eigenvalue weighted by molar-refractivity contribution is -0.285. The first kappa shape index (κ1) is 19.1. The molecular weight excluding hydrogens is 381 g/mol. The van der Waals surface area contributed by atoms with Crippen LogP contribution in [0.4, 0.5) is 13.2 Å². The number of hydrogen-bond acceptors (Lipinski definition) is 4. The molecule has 0 amide bonds. The molecule has 142 valence electrons. The van der Waals surface area contributed by atoms with E-state index >= 15 is 0 Å². The summed E-state index contributed by atoms with van der Waals surface area (Å²) in [6.45, 7) is 0. The van der Waals surface area contributed by atoms with Crippen LogP contribution in [0, 0.1) is 5.92 Å². The van der Waals surface area contributed by atoms with Crippen LogP contribution in [0.3, 0.4) is 0 Å². The molecule has 4 N–H and O–H groups in total. The number of carbonyl (C=O) groups is 1. The molecule has 3 rings (SSSR count). The number of rotatable bonds is 3. The number of nitrogens with one attached hydrogen (secondary N) is 2. The summed E-state index contributed by atoms with van der Waals surface area (Å²) in [7, 11) is 0. The number of phenols is 1. The summed E-state index contributed by atoms with van der Waals surface area (Å²) in [6, 6.07) is 11.4. The zero-order chi connectivity index (χ0) is 19.8. The molecule has 0 spiro atoms. The highest BCUT2D eigenvalue weighted by Gasteiger charge is 2.65. The Kier molecular flexibility index (Phi) is 4.83. The van der Waals surface area contributed by atoms with Crippen LogP contribution in [0.2, 0.25) is 0 Å². The molecule has 1 aliphatic heterocycles. The molecule has 0 unspecified atom stereocenters. The molecule has 9 heteroatoms. The Balaban J connectivity index is 2.15. The Bertz CT molecular complexity index is 858. The second-order valence-electron chi connectivity index (χ2n) is 6.14. The maximum Gasteiger partial charge on any atom is 0.437 e. The van der Waals surface area contributed by atoms with Gasteiger partial charge in [-0.2, -0.15) is 13.2 Å². The molecule has 5 nitrogen and oxygen atoms in total. The standard InChI is InChI=1S/C18H15F3N2O3S/c19-18(20,21)17(26)13(15(25)11-4-2-1-3-5-11)14(22-16(27)23-17)10-6-8-12(24)9-7-10/h1-9,13-14,24,26H,(H2,22,23,27)/t13-,14+,17+/m0/s1. The molecule has 0 bridgehead atoms. The summed E-state index contributed by atoms with van der Waals surface area (Å²) in [5, 5.41) is 24.0. The smallest absolute Gasteiger partial charge is 0.437 e. The lowest BCUT2D eigenvalue weighted by atomic mass is 9.77. The number of halogens is 3. The molecule has 2 aromatic carbocycles. The van der Waals surface area contributed by atoms with Crippen molar-refractivity contribution in [3.05, 3.63) is 65.7 Å². The molecule has 1 aliphatic rings. The minimum absolute atomic E-state index is 0.0189. The second kappa shape index (κ2) is 6.82. The number of carbonyl (C=O) groups excluding carboxylic acids is 1. The zero-order valence-electron chi connectivity index (χ0n) is 13.7. The van der Waals surface area contributed by atoms with Gasteiger partial charge in [-0.25, -0.2) is 0 Å². The van der Waals surface area contributed by atoms with Crippen molar-refractivity contribution in [1.29, 1.82) is 0 Å². The van der Waals surface area contributed by atoms with E-state index in [1.165, 1.54) is 48.5 Å². The zero-order valence-corrected chi connectivity index (χ0v) is 14.5. The summed E-state index contributed by atoms with van der Waals surface area (Å²) in [5.41, 5.74) is -3.29. The SMILES string of the molecule is O=C(c1ccccc1)[C@@H]1[C@@H](c2ccc(O)cc2)NC(=S)N[C@]1(O)C(F)(F)F. The van der Waals surface area contributed by atoms with Gasteiger partial charge in [-0.3, -0.25) is 4.79 Å². The lowest BCUT2D eigenvalue weighted by Crippen LogP contribution is -2.72. The quantitative estimate of drug-likeness (QED) is 0.472. The van der Waals surface area contributed by atoms with Crippen molar-refractivity contribution in [1.82, 2.24) is 10.6 Å². The second-order valence-corrected chi connectivity index (χ2v) is 6.55. The maximum atomic E-state index is 13.8. The Hall–Kier alpha value is -2.65. The van der Waals surface area contributed by atoms with Gasteiger partial charge in [0.15, 0.2) is 10.9 Å². The van der Waals surface area contributed by atoms with E-state index in [2.05, 4.69) is 5.32 Å². The number of aliphatic hydroxyl groups is 1. The normalized spacial score (nSPS) is 25.4. The number of benzene rings is 2.